The van der Waals surface area contributed by atoms with Crippen molar-refractivity contribution in [3.05, 3.63) is 65.5 Å². The molecule has 0 aliphatic carbocycles. The van der Waals surface area contributed by atoms with Crippen molar-refractivity contribution < 1.29 is 19.5 Å². The number of ether oxygens (including phenoxy) is 1. The van der Waals surface area contributed by atoms with Gasteiger partial charge in [0.1, 0.15) is 6.61 Å². The Morgan fingerprint density at radius 1 is 1.18 bits per heavy atom. The Hall–Kier alpha value is -3.56. The van der Waals surface area contributed by atoms with Gasteiger partial charge >= 0.3 is 0 Å². The number of benzene rings is 1. The molecule has 0 radical (unpaired) electrons. The van der Waals surface area contributed by atoms with E-state index >= 15 is 0 Å². The van der Waals surface area contributed by atoms with E-state index in [0.717, 1.165) is 22.2 Å². The minimum absolute atomic E-state index is 0.00481. The summed E-state index contributed by atoms with van der Waals surface area (Å²) in [6, 6.07) is 13.2. The number of hydroxylamine groups is 1. The highest BCUT2D eigenvalue weighted by Gasteiger charge is 2.36. The predicted molar refractivity (Wildman–Crippen MR) is 122 cm³/mol. The summed E-state index contributed by atoms with van der Waals surface area (Å²) in [6.45, 7) is 3.62. The molecular weight excluding hydrogens is 422 g/mol. The van der Waals surface area contributed by atoms with E-state index in [9.17, 15) is 9.59 Å². The third-order valence-electron chi connectivity index (χ3n) is 5.87. The zero-order chi connectivity index (χ0) is 23.3. The number of hydrogen-bond donors (Lipinski definition) is 4. The van der Waals surface area contributed by atoms with Gasteiger partial charge in [0, 0.05) is 28.9 Å². The van der Waals surface area contributed by atoms with E-state index < -0.39 is 11.4 Å². The second-order valence-corrected chi connectivity index (χ2v) is 8.31. The fourth-order valence-corrected chi connectivity index (χ4v) is 4.18. The Bertz CT molecular complexity index is 1140. The topological polar surface area (TPSA) is 125 Å². The number of pyridine rings is 2. The fraction of sp³-hybridized carbons (Fsp3) is 0.333. The molecule has 1 aliphatic heterocycles. The van der Waals surface area contributed by atoms with Crippen molar-refractivity contribution in [2.24, 2.45) is 0 Å². The van der Waals surface area contributed by atoms with Crippen LogP contribution in [-0.4, -0.2) is 45.6 Å². The van der Waals surface area contributed by atoms with Crippen LogP contribution in [0.5, 0.6) is 5.88 Å². The van der Waals surface area contributed by atoms with Crippen molar-refractivity contribution >= 4 is 22.7 Å². The molecule has 0 spiro atoms. The lowest BCUT2D eigenvalue weighted by atomic mass is 9.84. The van der Waals surface area contributed by atoms with Gasteiger partial charge in [-0.3, -0.25) is 19.8 Å². The highest BCUT2D eigenvalue weighted by molar-refractivity contribution is 5.95. The van der Waals surface area contributed by atoms with Gasteiger partial charge in [-0.25, -0.2) is 10.5 Å². The summed E-state index contributed by atoms with van der Waals surface area (Å²) in [4.78, 5) is 33.4. The van der Waals surface area contributed by atoms with E-state index in [-0.39, 0.29) is 12.3 Å². The second-order valence-electron chi connectivity index (χ2n) is 8.31. The molecule has 172 valence electrons. The molecule has 1 aromatic carbocycles. The quantitative estimate of drug-likeness (QED) is 0.322. The molecule has 9 nitrogen and oxygen atoms in total. The molecule has 4 rings (SSSR count). The third-order valence-corrected chi connectivity index (χ3v) is 5.87. The van der Waals surface area contributed by atoms with Crippen molar-refractivity contribution in [2.75, 3.05) is 13.1 Å². The van der Waals surface area contributed by atoms with Gasteiger partial charge in [-0.1, -0.05) is 18.2 Å². The average Bonchev–Trinajstić information content (AvgIpc) is 2.83. The van der Waals surface area contributed by atoms with Crippen molar-refractivity contribution in [1.82, 2.24) is 26.1 Å². The van der Waals surface area contributed by atoms with Crippen molar-refractivity contribution in [1.29, 1.82) is 0 Å². The lowest BCUT2D eigenvalue weighted by Crippen LogP contribution is -2.56. The Morgan fingerprint density at radius 2 is 1.97 bits per heavy atom. The molecular formula is C24H27N5O4. The largest absolute Gasteiger partial charge is 0.473 e. The molecule has 1 fully saturated rings. The molecule has 2 aromatic heterocycles. The van der Waals surface area contributed by atoms with Gasteiger partial charge in [-0.2, -0.15) is 0 Å². The lowest BCUT2D eigenvalue weighted by molar-refractivity contribution is -0.130. The molecule has 0 unspecified atom stereocenters. The summed E-state index contributed by atoms with van der Waals surface area (Å²) in [6.07, 6.45) is 2.63. The van der Waals surface area contributed by atoms with Gasteiger partial charge < -0.3 is 15.4 Å². The number of aromatic nitrogens is 2. The average molecular weight is 450 g/mol. The van der Waals surface area contributed by atoms with E-state index in [1.165, 1.54) is 6.20 Å². The molecule has 4 N–H and O–H groups in total. The first-order valence-electron chi connectivity index (χ1n) is 10.9. The van der Waals surface area contributed by atoms with Crippen LogP contribution in [0.25, 0.3) is 10.9 Å². The van der Waals surface area contributed by atoms with Gasteiger partial charge in [-0.05, 0) is 51.1 Å². The van der Waals surface area contributed by atoms with E-state index in [1.807, 2.05) is 37.3 Å². The Kier molecular flexibility index (Phi) is 6.81. The molecule has 33 heavy (non-hydrogen) atoms. The van der Waals surface area contributed by atoms with Crippen LogP contribution in [0.15, 0.2) is 48.7 Å². The van der Waals surface area contributed by atoms with Crippen molar-refractivity contribution in [3.63, 3.8) is 0 Å². The molecule has 0 bridgehead atoms. The third kappa shape index (κ3) is 5.44. The monoisotopic (exact) mass is 449 g/mol. The normalized spacial score (nSPS) is 15.1. The molecule has 0 saturated carbocycles. The number of amides is 2. The number of carbonyl (C=O) groups excluding carboxylic acids is 2. The second kappa shape index (κ2) is 9.93. The first-order valence-corrected chi connectivity index (χ1v) is 10.9. The van der Waals surface area contributed by atoms with Crippen LogP contribution >= 0.6 is 0 Å². The molecule has 0 atom stereocenters. The first-order chi connectivity index (χ1) is 16.0. The smallest absolute Gasteiger partial charge is 0.253 e. The van der Waals surface area contributed by atoms with Gasteiger partial charge in [-0.15, -0.1) is 0 Å². The molecule has 1 saturated heterocycles. The number of hydrogen-bond acceptors (Lipinski definition) is 7. The summed E-state index contributed by atoms with van der Waals surface area (Å²) in [5, 5.41) is 16.1. The van der Waals surface area contributed by atoms with Gasteiger partial charge in [0.2, 0.25) is 11.8 Å². The van der Waals surface area contributed by atoms with Crippen LogP contribution in [0.4, 0.5) is 0 Å². The fourth-order valence-electron chi connectivity index (χ4n) is 4.18. The molecule has 1 aliphatic rings. The maximum Gasteiger partial charge on any atom is 0.253 e. The van der Waals surface area contributed by atoms with Crippen molar-refractivity contribution in [3.8, 4) is 5.88 Å². The maximum atomic E-state index is 12.8. The molecule has 2 amide bonds. The highest BCUT2D eigenvalue weighted by atomic mass is 16.5. The van der Waals surface area contributed by atoms with Gasteiger partial charge in [0.25, 0.3) is 5.91 Å². The number of piperidine rings is 1. The number of fused-ring (bicyclic) bond motifs is 1. The van der Waals surface area contributed by atoms with Crippen LogP contribution in [0.2, 0.25) is 0 Å². The number of nitrogens with one attached hydrogen (secondary N) is 3. The summed E-state index contributed by atoms with van der Waals surface area (Å²) < 4.78 is 5.87. The van der Waals surface area contributed by atoms with Gasteiger partial charge in [0.05, 0.1) is 23.0 Å². The van der Waals surface area contributed by atoms with E-state index in [2.05, 4.69) is 20.6 Å². The predicted octanol–water partition coefficient (Wildman–Crippen LogP) is 2.26. The van der Waals surface area contributed by atoms with Crippen LogP contribution in [-0.2, 0) is 11.4 Å². The summed E-state index contributed by atoms with van der Waals surface area (Å²) in [5.74, 6) is -0.447. The summed E-state index contributed by atoms with van der Waals surface area (Å²) in [5.41, 5.74) is 4.15. The van der Waals surface area contributed by atoms with Gasteiger partial charge in [0.15, 0.2) is 0 Å². The van der Waals surface area contributed by atoms with E-state index in [1.54, 1.807) is 17.6 Å². The first kappa shape index (κ1) is 22.6. The number of para-hydroxylation sites is 1. The Balaban J connectivity index is 1.43. The molecule has 3 heterocycles. The SMILES string of the molecule is Cc1cc(COc2ccc(C(=O)NC3(CC(=O)NO)CCNCC3)cn2)c2ccccc2n1. The van der Waals surface area contributed by atoms with Crippen LogP contribution < -0.4 is 20.9 Å². The molecule has 9 heteroatoms. The zero-order valence-corrected chi connectivity index (χ0v) is 18.4. The van der Waals surface area contributed by atoms with Crippen LogP contribution in [0.1, 0.15) is 40.9 Å². The zero-order valence-electron chi connectivity index (χ0n) is 18.4. The number of nitrogens with zero attached hydrogens (tertiary/aromatic N) is 2. The van der Waals surface area contributed by atoms with E-state index in [4.69, 9.17) is 9.94 Å². The summed E-state index contributed by atoms with van der Waals surface area (Å²) >= 11 is 0. The Labute approximate surface area is 191 Å². The number of aryl methyl sites for hydroxylation is 1. The van der Waals surface area contributed by atoms with E-state index in [0.29, 0.717) is 44.0 Å². The minimum Gasteiger partial charge on any atom is -0.473 e. The number of rotatable bonds is 7. The standard InChI is InChI=1S/C24H27N5O4/c1-16-12-18(19-4-2-3-5-20(19)27-16)15-33-22-7-6-17(14-26-22)23(31)28-24(13-21(30)29-32)8-10-25-11-9-24/h2-7,12,14,25,32H,8-11,13,15H2,1H3,(H,28,31)(H,29,30). The highest BCUT2D eigenvalue weighted by Crippen LogP contribution is 2.24. The summed E-state index contributed by atoms with van der Waals surface area (Å²) in [7, 11) is 0. The maximum absolute atomic E-state index is 12.8. The van der Waals surface area contributed by atoms with Crippen LogP contribution in [0, 0.1) is 6.92 Å². The lowest BCUT2D eigenvalue weighted by Gasteiger charge is -2.37. The number of carbonyl (C=O) groups is 2. The minimum atomic E-state index is -0.718. The molecule has 3 aromatic rings. The Morgan fingerprint density at radius 3 is 2.70 bits per heavy atom. The van der Waals surface area contributed by atoms with Crippen LogP contribution in [0.3, 0.4) is 0 Å². The van der Waals surface area contributed by atoms with Crippen molar-refractivity contribution in [2.45, 2.75) is 38.3 Å².